The predicted molar refractivity (Wildman–Crippen MR) is 98.4 cm³/mol. The molecule has 0 saturated heterocycles. The number of ether oxygens (including phenoxy) is 1. The molecule has 0 aliphatic rings. The summed E-state index contributed by atoms with van der Waals surface area (Å²) in [4.78, 5) is 12.7. The zero-order valence-corrected chi connectivity index (χ0v) is 15.4. The van der Waals surface area contributed by atoms with Crippen LogP contribution in [0.25, 0.3) is 0 Å². The van der Waals surface area contributed by atoms with Gasteiger partial charge in [0, 0.05) is 25.8 Å². The van der Waals surface area contributed by atoms with Crippen LogP contribution in [0.5, 0.6) is 5.88 Å². The van der Waals surface area contributed by atoms with Crippen LogP contribution >= 0.6 is 0 Å². The molecule has 2 aromatic rings. The minimum absolute atomic E-state index is 0.0246. The van der Waals surface area contributed by atoms with Gasteiger partial charge in [0.2, 0.25) is 5.88 Å². The number of hydrogen-bond acceptors (Lipinski definition) is 6. The number of nitrogens with zero attached hydrogens (tertiary/aromatic N) is 4. The lowest BCUT2D eigenvalue weighted by atomic mass is 10.1. The molecule has 2 rings (SSSR count). The molecule has 0 spiro atoms. The Hall–Kier alpha value is -2.98. The van der Waals surface area contributed by atoms with Gasteiger partial charge >= 0.3 is 0 Å². The first-order valence-corrected chi connectivity index (χ1v) is 8.25. The zero-order valence-electron chi connectivity index (χ0n) is 15.4. The van der Waals surface area contributed by atoms with E-state index in [-0.39, 0.29) is 23.7 Å². The Labute approximate surface area is 152 Å². The van der Waals surface area contributed by atoms with E-state index in [0.717, 1.165) is 15.7 Å². The molecule has 1 heterocycles. The molecule has 0 saturated carbocycles. The maximum Gasteiger partial charge on any atom is 0.281 e. The summed E-state index contributed by atoms with van der Waals surface area (Å²) in [6.07, 6.45) is 0.519. The quantitative estimate of drug-likeness (QED) is 0.630. The minimum atomic E-state index is -0.483. The van der Waals surface area contributed by atoms with E-state index in [2.05, 4.69) is 10.2 Å². The van der Waals surface area contributed by atoms with Gasteiger partial charge < -0.3 is 9.84 Å². The Morgan fingerprint density at radius 3 is 2.62 bits per heavy atom. The molecule has 0 amide bonds. The molecule has 136 valence electrons. The molecule has 0 bridgehead atoms. The third-order valence-electron chi connectivity index (χ3n) is 4.11. The number of aromatic nitrogens is 1. The fourth-order valence-corrected chi connectivity index (χ4v) is 2.65. The monoisotopic (exact) mass is 354 g/mol. The van der Waals surface area contributed by atoms with Crippen LogP contribution in [0.1, 0.15) is 28.7 Å². The molecule has 0 radical (unpaired) electrons. The summed E-state index contributed by atoms with van der Waals surface area (Å²) in [7, 11) is 1.56. The lowest BCUT2D eigenvalue weighted by Gasteiger charge is -2.12. The van der Waals surface area contributed by atoms with Crippen molar-refractivity contribution in [2.24, 2.45) is 10.2 Å². The van der Waals surface area contributed by atoms with Gasteiger partial charge in [-0.25, -0.2) is 0 Å². The highest BCUT2D eigenvalue weighted by atomic mass is 16.5. The second kappa shape index (κ2) is 8.41. The van der Waals surface area contributed by atoms with E-state index in [4.69, 9.17) is 4.74 Å². The summed E-state index contributed by atoms with van der Waals surface area (Å²) in [5, 5.41) is 27.9. The number of rotatable bonds is 6. The van der Waals surface area contributed by atoms with Crippen LogP contribution < -0.4 is 5.56 Å². The molecule has 1 aromatic heterocycles. The first-order valence-electron chi connectivity index (χ1n) is 8.25. The van der Waals surface area contributed by atoms with Gasteiger partial charge in [0.1, 0.15) is 11.6 Å². The maximum atomic E-state index is 12.7. The lowest BCUT2D eigenvalue weighted by Crippen LogP contribution is -2.22. The first-order chi connectivity index (χ1) is 12.4. The van der Waals surface area contributed by atoms with E-state index in [1.165, 1.54) is 0 Å². The second-order valence-corrected chi connectivity index (χ2v) is 6.08. The van der Waals surface area contributed by atoms with Crippen molar-refractivity contribution in [3.05, 3.63) is 50.8 Å². The number of azo groups is 1. The number of methoxy groups -OCH3 is 1. The highest BCUT2D eigenvalue weighted by Crippen LogP contribution is 2.28. The number of benzene rings is 1. The van der Waals surface area contributed by atoms with Crippen LogP contribution in [-0.4, -0.2) is 23.4 Å². The van der Waals surface area contributed by atoms with Gasteiger partial charge in [-0.2, -0.15) is 10.4 Å². The number of aromatic hydroxyl groups is 1. The summed E-state index contributed by atoms with van der Waals surface area (Å²) in [5.74, 6) is -0.350. The van der Waals surface area contributed by atoms with Gasteiger partial charge in [-0.05, 0) is 38.8 Å². The third kappa shape index (κ3) is 3.98. The standard InChI is InChI=1S/C19H22N4O3/c1-12-6-7-16(13(2)10-12)21-22-17-14(3)15(11-20)18(24)23(19(17)25)8-5-9-26-4/h6-7,10,24H,5,8-9H2,1-4H3. The van der Waals surface area contributed by atoms with Gasteiger partial charge in [-0.15, -0.1) is 5.11 Å². The summed E-state index contributed by atoms with van der Waals surface area (Å²) in [6, 6.07) is 7.65. The highest BCUT2D eigenvalue weighted by molar-refractivity contribution is 5.57. The first kappa shape index (κ1) is 19.3. The Bertz CT molecular complexity index is 939. The van der Waals surface area contributed by atoms with E-state index < -0.39 is 5.56 Å². The molecular formula is C19H22N4O3. The Morgan fingerprint density at radius 1 is 1.27 bits per heavy atom. The molecule has 0 atom stereocenters. The molecule has 26 heavy (non-hydrogen) atoms. The van der Waals surface area contributed by atoms with E-state index in [0.29, 0.717) is 24.3 Å². The summed E-state index contributed by atoms with van der Waals surface area (Å²) in [5.41, 5.74) is 2.59. The van der Waals surface area contributed by atoms with Gasteiger partial charge in [0.25, 0.3) is 5.56 Å². The smallest absolute Gasteiger partial charge is 0.281 e. The molecule has 1 N–H and O–H groups in total. The molecule has 0 aliphatic carbocycles. The van der Waals surface area contributed by atoms with Crippen LogP contribution in [-0.2, 0) is 11.3 Å². The molecule has 0 unspecified atom stereocenters. The van der Waals surface area contributed by atoms with Crippen molar-refractivity contribution < 1.29 is 9.84 Å². The third-order valence-corrected chi connectivity index (χ3v) is 4.11. The van der Waals surface area contributed by atoms with Gasteiger partial charge in [0.15, 0.2) is 5.69 Å². The normalized spacial score (nSPS) is 11.0. The molecule has 0 fully saturated rings. The zero-order chi connectivity index (χ0) is 19.3. The predicted octanol–water partition coefficient (Wildman–Crippen LogP) is 3.80. The fourth-order valence-electron chi connectivity index (χ4n) is 2.65. The van der Waals surface area contributed by atoms with Gasteiger partial charge in [0.05, 0.1) is 5.69 Å². The average Bonchev–Trinajstić information content (AvgIpc) is 2.60. The topological polar surface area (TPSA) is 100.0 Å². The molecule has 1 aromatic carbocycles. The molecule has 0 aliphatic heterocycles. The molecular weight excluding hydrogens is 332 g/mol. The number of nitriles is 1. The van der Waals surface area contributed by atoms with Crippen LogP contribution in [0, 0.1) is 32.1 Å². The van der Waals surface area contributed by atoms with Crippen LogP contribution in [0.4, 0.5) is 11.4 Å². The molecule has 7 nitrogen and oxygen atoms in total. The number of aryl methyl sites for hydroxylation is 2. The number of pyridine rings is 1. The van der Waals surface area contributed by atoms with Crippen molar-refractivity contribution in [2.45, 2.75) is 33.7 Å². The van der Waals surface area contributed by atoms with Crippen molar-refractivity contribution in [2.75, 3.05) is 13.7 Å². The number of hydrogen-bond donors (Lipinski definition) is 1. The second-order valence-electron chi connectivity index (χ2n) is 6.08. The summed E-state index contributed by atoms with van der Waals surface area (Å²) >= 11 is 0. The average molecular weight is 354 g/mol. The minimum Gasteiger partial charge on any atom is -0.493 e. The lowest BCUT2D eigenvalue weighted by molar-refractivity contribution is 0.188. The Morgan fingerprint density at radius 2 is 2.00 bits per heavy atom. The Kier molecular flexibility index (Phi) is 6.26. The maximum absolute atomic E-state index is 12.7. The van der Waals surface area contributed by atoms with E-state index >= 15 is 0 Å². The van der Waals surface area contributed by atoms with Crippen molar-refractivity contribution in [3.63, 3.8) is 0 Å². The van der Waals surface area contributed by atoms with Crippen molar-refractivity contribution in [3.8, 4) is 11.9 Å². The van der Waals surface area contributed by atoms with Gasteiger partial charge in [-0.3, -0.25) is 9.36 Å². The van der Waals surface area contributed by atoms with Crippen LogP contribution in [0.3, 0.4) is 0 Å². The van der Waals surface area contributed by atoms with Crippen LogP contribution in [0.2, 0.25) is 0 Å². The van der Waals surface area contributed by atoms with Gasteiger partial charge in [-0.1, -0.05) is 17.7 Å². The van der Waals surface area contributed by atoms with E-state index in [9.17, 15) is 15.2 Å². The fraction of sp³-hybridized carbons (Fsp3) is 0.368. The summed E-state index contributed by atoms with van der Waals surface area (Å²) in [6.45, 7) is 6.13. The van der Waals surface area contributed by atoms with Crippen molar-refractivity contribution >= 4 is 11.4 Å². The van der Waals surface area contributed by atoms with E-state index in [1.807, 2.05) is 38.1 Å². The SMILES string of the molecule is COCCCn1c(O)c(C#N)c(C)c(N=Nc2ccc(C)cc2C)c1=O. The highest BCUT2D eigenvalue weighted by Gasteiger charge is 2.19. The van der Waals surface area contributed by atoms with E-state index in [1.54, 1.807) is 14.0 Å². The van der Waals surface area contributed by atoms with Crippen molar-refractivity contribution in [1.29, 1.82) is 5.26 Å². The summed E-state index contributed by atoms with van der Waals surface area (Å²) < 4.78 is 6.12. The van der Waals surface area contributed by atoms with Crippen molar-refractivity contribution in [1.82, 2.24) is 4.57 Å². The Balaban J connectivity index is 2.53. The largest absolute Gasteiger partial charge is 0.493 e. The van der Waals surface area contributed by atoms with Crippen LogP contribution in [0.15, 0.2) is 33.2 Å². The molecule has 7 heteroatoms.